The van der Waals surface area contributed by atoms with E-state index in [-0.39, 0.29) is 30.2 Å². The third kappa shape index (κ3) is 4.39. The number of carbonyl (C=O) groups excluding carboxylic acids is 1. The minimum atomic E-state index is -3.61. The zero-order chi connectivity index (χ0) is 22.0. The van der Waals surface area contributed by atoms with Gasteiger partial charge in [-0.15, -0.1) is 0 Å². The summed E-state index contributed by atoms with van der Waals surface area (Å²) in [6.45, 7) is 0.586. The number of sulfonamides is 1. The molecule has 10 heteroatoms. The molecule has 0 bridgehead atoms. The Morgan fingerprint density at radius 3 is 2.58 bits per heavy atom. The molecule has 0 saturated carbocycles. The number of hydrogen-bond donors (Lipinski definition) is 1. The van der Waals surface area contributed by atoms with Crippen molar-refractivity contribution < 1.29 is 22.3 Å². The predicted octanol–water partition coefficient (Wildman–Crippen LogP) is 2.22. The highest BCUT2D eigenvalue weighted by Gasteiger charge is 2.37. The molecule has 2 aromatic carbocycles. The Bertz CT molecular complexity index is 1210. The third-order valence-corrected chi connectivity index (χ3v) is 6.80. The van der Waals surface area contributed by atoms with Crippen molar-refractivity contribution in [2.24, 2.45) is 0 Å². The Balaban J connectivity index is 1.59. The molecule has 4 rings (SSSR count). The van der Waals surface area contributed by atoms with E-state index in [2.05, 4.69) is 9.97 Å². The van der Waals surface area contributed by atoms with Crippen LogP contribution in [-0.2, 0) is 25.3 Å². The van der Waals surface area contributed by atoms with E-state index in [9.17, 15) is 17.6 Å². The highest BCUT2D eigenvalue weighted by molar-refractivity contribution is 7.88. The molecule has 1 aliphatic rings. The molecular formula is C21H19FN4O4S. The Morgan fingerprint density at radius 1 is 1.13 bits per heavy atom. The normalized spacial score (nSPS) is 14.7. The van der Waals surface area contributed by atoms with Gasteiger partial charge in [0.2, 0.25) is 10.0 Å². The van der Waals surface area contributed by atoms with Crippen molar-refractivity contribution in [3.63, 3.8) is 0 Å². The Labute approximate surface area is 178 Å². The topological polar surface area (TPSA) is 115 Å². The lowest BCUT2D eigenvalue weighted by Gasteiger charge is -2.36. The summed E-state index contributed by atoms with van der Waals surface area (Å²) in [5.74, 6) is -0.517. The first-order valence-electron chi connectivity index (χ1n) is 9.40. The zero-order valence-corrected chi connectivity index (χ0v) is 17.1. The molecule has 0 spiro atoms. The standard InChI is InChI=1S/C21H19FN4O4S/c22-19-7-14(5-6-18(19)20-8-25-21(23)9-24-20)17-4-2-1-3-15(17)12-31(28,29)26-10-16(11-26)30-13-27/h1-9,13,16H,10-12H2,(H2,23,25). The van der Waals surface area contributed by atoms with Crippen molar-refractivity contribution >= 4 is 22.3 Å². The average molecular weight is 442 g/mol. The van der Waals surface area contributed by atoms with Gasteiger partial charge in [0.05, 0.1) is 36.9 Å². The summed E-state index contributed by atoms with van der Waals surface area (Å²) in [5.41, 5.74) is 7.84. The second kappa shape index (κ2) is 8.40. The minimum Gasteiger partial charge on any atom is -0.462 e. The van der Waals surface area contributed by atoms with E-state index in [1.165, 1.54) is 22.8 Å². The molecule has 2 heterocycles. The molecule has 0 amide bonds. The number of aromatic nitrogens is 2. The number of carbonyl (C=O) groups is 1. The Morgan fingerprint density at radius 2 is 1.90 bits per heavy atom. The van der Waals surface area contributed by atoms with Gasteiger partial charge < -0.3 is 10.5 Å². The van der Waals surface area contributed by atoms with Crippen molar-refractivity contribution in [2.45, 2.75) is 11.9 Å². The maximum absolute atomic E-state index is 14.8. The summed E-state index contributed by atoms with van der Waals surface area (Å²) in [4.78, 5) is 18.4. The second-order valence-electron chi connectivity index (χ2n) is 7.11. The summed E-state index contributed by atoms with van der Waals surface area (Å²) < 4.78 is 46.3. The molecule has 0 radical (unpaired) electrons. The van der Waals surface area contributed by atoms with Gasteiger partial charge >= 0.3 is 0 Å². The van der Waals surface area contributed by atoms with Crippen molar-refractivity contribution in [2.75, 3.05) is 18.8 Å². The monoisotopic (exact) mass is 442 g/mol. The van der Waals surface area contributed by atoms with Crippen molar-refractivity contribution in [3.8, 4) is 22.4 Å². The fraction of sp³-hybridized carbons (Fsp3) is 0.190. The number of halogens is 1. The minimum absolute atomic E-state index is 0.134. The summed E-state index contributed by atoms with van der Waals surface area (Å²) in [7, 11) is -3.61. The summed E-state index contributed by atoms with van der Waals surface area (Å²) >= 11 is 0. The van der Waals surface area contributed by atoms with Gasteiger partial charge in [-0.25, -0.2) is 17.8 Å². The van der Waals surface area contributed by atoms with Crippen molar-refractivity contribution in [1.29, 1.82) is 0 Å². The summed E-state index contributed by atoms with van der Waals surface area (Å²) in [5, 5.41) is 0. The van der Waals surface area contributed by atoms with Crippen LogP contribution in [0.4, 0.5) is 10.2 Å². The van der Waals surface area contributed by atoms with Gasteiger partial charge in [-0.1, -0.05) is 30.3 Å². The SMILES string of the molecule is Nc1cnc(-c2ccc(-c3ccccc3CS(=O)(=O)N3CC(OC=O)C3)cc2F)cn1. The number of nitrogens with two attached hydrogens (primary N) is 1. The molecule has 8 nitrogen and oxygen atoms in total. The average Bonchev–Trinajstić information content (AvgIpc) is 2.71. The van der Waals surface area contributed by atoms with Crippen molar-refractivity contribution in [3.05, 3.63) is 66.2 Å². The summed E-state index contributed by atoms with van der Waals surface area (Å²) in [6, 6.07) is 11.6. The molecule has 2 N–H and O–H groups in total. The second-order valence-corrected chi connectivity index (χ2v) is 9.07. The van der Waals surface area contributed by atoms with E-state index in [1.807, 2.05) is 0 Å². The third-order valence-electron chi connectivity index (χ3n) is 5.04. The summed E-state index contributed by atoms with van der Waals surface area (Å²) in [6.07, 6.45) is 2.33. The molecule has 1 fully saturated rings. The van der Waals surface area contributed by atoms with E-state index in [0.717, 1.165) is 0 Å². The van der Waals surface area contributed by atoms with E-state index < -0.39 is 21.9 Å². The van der Waals surface area contributed by atoms with Crippen molar-refractivity contribution in [1.82, 2.24) is 14.3 Å². The molecule has 1 aromatic heterocycles. The van der Waals surface area contributed by atoms with Gasteiger partial charge in [0.15, 0.2) is 0 Å². The van der Waals surface area contributed by atoms with Crippen LogP contribution in [0.3, 0.4) is 0 Å². The van der Waals surface area contributed by atoms with Crippen LogP contribution in [0, 0.1) is 5.82 Å². The zero-order valence-electron chi connectivity index (χ0n) is 16.3. The fourth-order valence-electron chi connectivity index (χ4n) is 3.38. The first kappa shape index (κ1) is 20.9. The number of rotatable bonds is 7. The molecule has 0 aliphatic carbocycles. The number of benzene rings is 2. The lowest BCUT2D eigenvalue weighted by atomic mass is 9.98. The van der Waals surface area contributed by atoms with E-state index in [4.69, 9.17) is 10.5 Å². The van der Waals surface area contributed by atoms with Gasteiger partial charge in [0.25, 0.3) is 6.47 Å². The number of hydrogen-bond acceptors (Lipinski definition) is 7. The van der Waals surface area contributed by atoms with Crippen LogP contribution < -0.4 is 5.73 Å². The molecular weight excluding hydrogens is 423 g/mol. The maximum atomic E-state index is 14.8. The maximum Gasteiger partial charge on any atom is 0.293 e. The van der Waals surface area contributed by atoms with E-state index >= 15 is 0 Å². The Kier molecular flexibility index (Phi) is 5.66. The van der Waals surface area contributed by atoms with Gasteiger partial charge in [-0.3, -0.25) is 9.78 Å². The molecule has 160 valence electrons. The number of anilines is 1. The lowest BCUT2D eigenvalue weighted by Crippen LogP contribution is -2.54. The van der Waals surface area contributed by atoms with Gasteiger partial charge in [0, 0.05) is 5.56 Å². The van der Waals surface area contributed by atoms with Crippen LogP contribution >= 0.6 is 0 Å². The fourth-order valence-corrected chi connectivity index (χ4v) is 4.99. The molecule has 3 aromatic rings. The van der Waals surface area contributed by atoms with Gasteiger partial charge in [-0.05, 0) is 28.8 Å². The predicted molar refractivity (Wildman–Crippen MR) is 112 cm³/mol. The van der Waals surface area contributed by atoms with Gasteiger partial charge in [0.1, 0.15) is 17.7 Å². The first-order valence-corrected chi connectivity index (χ1v) is 11.0. The first-order chi connectivity index (χ1) is 14.9. The number of nitrogen functional groups attached to an aromatic ring is 1. The lowest BCUT2D eigenvalue weighted by molar-refractivity contribution is -0.138. The molecule has 0 atom stereocenters. The number of nitrogens with zero attached hydrogens (tertiary/aromatic N) is 3. The molecule has 1 saturated heterocycles. The quantitative estimate of drug-likeness (QED) is 0.558. The highest BCUT2D eigenvalue weighted by atomic mass is 32.2. The molecule has 31 heavy (non-hydrogen) atoms. The van der Waals surface area contributed by atoms with Crippen LogP contribution in [0.15, 0.2) is 54.9 Å². The van der Waals surface area contributed by atoms with Gasteiger partial charge in [-0.2, -0.15) is 4.31 Å². The molecule has 1 aliphatic heterocycles. The van der Waals surface area contributed by atoms with E-state index in [0.29, 0.717) is 28.9 Å². The highest BCUT2D eigenvalue weighted by Crippen LogP contribution is 2.31. The van der Waals surface area contributed by atoms with E-state index in [1.54, 1.807) is 36.4 Å². The van der Waals surface area contributed by atoms with Crippen LogP contribution in [0.5, 0.6) is 0 Å². The number of ether oxygens (including phenoxy) is 1. The molecule has 0 unspecified atom stereocenters. The Hall–Kier alpha value is -3.37. The van der Waals surface area contributed by atoms with Crippen LogP contribution in [-0.4, -0.2) is 48.4 Å². The van der Waals surface area contributed by atoms with Crippen LogP contribution in [0.1, 0.15) is 5.56 Å². The smallest absolute Gasteiger partial charge is 0.293 e. The van der Waals surface area contributed by atoms with Crippen LogP contribution in [0.25, 0.3) is 22.4 Å². The van der Waals surface area contributed by atoms with Crippen LogP contribution in [0.2, 0.25) is 0 Å². The largest absolute Gasteiger partial charge is 0.462 e.